The first-order valence-corrected chi connectivity index (χ1v) is 10.2. The van der Waals surface area contributed by atoms with E-state index in [1.165, 1.54) is 64.2 Å². The summed E-state index contributed by atoms with van der Waals surface area (Å²) in [5.41, 5.74) is 0. The fourth-order valence-corrected chi connectivity index (χ4v) is 4.48. The van der Waals surface area contributed by atoms with Gasteiger partial charge in [0, 0.05) is 13.2 Å². The summed E-state index contributed by atoms with van der Waals surface area (Å²) >= 11 is 0. The van der Waals surface area contributed by atoms with Gasteiger partial charge >= 0.3 is 0 Å². The van der Waals surface area contributed by atoms with Crippen molar-refractivity contribution in [3.63, 3.8) is 0 Å². The van der Waals surface area contributed by atoms with Gasteiger partial charge in [0.15, 0.2) is 0 Å². The molecule has 0 aromatic carbocycles. The van der Waals surface area contributed by atoms with Crippen LogP contribution in [0, 0.1) is 23.7 Å². The van der Waals surface area contributed by atoms with Gasteiger partial charge in [0.1, 0.15) is 0 Å². The number of rotatable bonds is 11. The molecule has 138 valence electrons. The van der Waals surface area contributed by atoms with E-state index in [4.69, 9.17) is 9.47 Å². The lowest BCUT2D eigenvalue weighted by molar-refractivity contribution is 0.0878. The quantitative estimate of drug-likeness (QED) is 0.352. The van der Waals surface area contributed by atoms with Crippen molar-refractivity contribution >= 4 is 0 Å². The minimum Gasteiger partial charge on any atom is -0.377 e. The van der Waals surface area contributed by atoms with E-state index < -0.39 is 0 Å². The van der Waals surface area contributed by atoms with Crippen LogP contribution >= 0.6 is 0 Å². The molecule has 0 bridgehead atoms. The summed E-state index contributed by atoms with van der Waals surface area (Å²) in [5.74, 6) is 3.56. The molecule has 0 unspecified atom stereocenters. The van der Waals surface area contributed by atoms with E-state index in [1.807, 2.05) is 12.2 Å². The lowest BCUT2D eigenvalue weighted by Crippen LogP contribution is -2.21. The molecule has 0 aromatic heterocycles. The molecule has 0 atom stereocenters. The van der Waals surface area contributed by atoms with Gasteiger partial charge in [-0.2, -0.15) is 0 Å². The molecular weight excluding hydrogens is 296 g/mol. The van der Waals surface area contributed by atoms with E-state index in [0.717, 1.165) is 36.9 Å². The monoisotopic (exact) mass is 334 g/mol. The Labute approximate surface area is 149 Å². The summed E-state index contributed by atoms with van der Waals surface area (Å²) in [6.07, 6.45) is 17.8. The molecule has 2 rings (SSSR count). The molecule has 2 saturated carbocycles. The average Bonchev–Trinajstić information content (AvgIpc) is 2.63. The first-order chi connectivity index (χ1) is 11.8. The lowest BCUT2D eigenvalue weighted by Gasteiger charge is -2.31. The Morgan fingerprint density at radius 2 is 0.917 bits per heavy atom. The minimum atomic E-state index is 0.710. The van der Waals surface area contributed by atoms with Crippen LogP contribution in [-0.2, 0) is 9.47 Å². The Balaban J connectivity index is 1.51. The predicted octanol–water partition coefficient (Wildman–Crippen LogP) is 5.78. The summed E-state index contributed by atoms with van der Waals surface area (Å²) in [4.78, 5) is 0. The van der Waals surface area contributed by atoms with Gasteiger partial charge in [-0.05, 0) is 49.4 Å². The second kappa shape index (κ2) is 11.9. The fraction of sp³-hybridized carbons (Fsp3) is 0.818. The minimum absolute atomic E-state index is 0.710. The number of hydrogen-bond acceptors (Lipinski definition) is 2. The Morgan fingerprint density at radius 3 is 1.25 bits per heavy atom. The smallest absolute Gasteiger partial charge is 0.0644 e. The van der Waals surface area contributed by atoms with Gasteiger partial charge in [0.05, 0.1) is 13.2 Å². The Bertz CT molecular complexity index is 302. The van der Waals surface area contributed by atoms with Gasteiger partial charge in [-0.1, -0.05) is 50.7 Å². The topological polar surface area (TPSA) is 18.5 Å². The maximum absolute atomic E-state index is 5.62. The Kier molecular flexibility index (Phi) is 9.75. The maximum Gasteiger partial charge on any atom is 0.0644 e. The zero-order valence-corrected chi connectivity index (χ0v) is 15.6. The zero-order valence-electron chi connectivity index (χ0n) is 15.6. The Morgan fingerprint density at radius 1 is 0.583 bits per heavy atom. The van der Waals surface area contributed by atoms with Gasteiger partial charge in [0.2, 0.25) is 0 Å². The first kappa shape index (κ1) is 19.7. The molecular formula is C22H38O2. The van der Waals surface area contributed by atoms with Crippen LogP contribution < -0.4 is 0 Å². The highest BCUT2D eigenvalue weighted by Crippen LogP contribution is 2.36. The van der Waals surface area contributed by atoms with Crippen LogP contribution in [0.25, 0.3) is 0 Å². The molecule has 0 spiro atoms. The normalized spacial score (nSPS) is 30.8. The van der Waals surface area contributed by atoms with Crippen molar-refractivity contribution in [1.29, 1.82) is 0 Å². The van der Waals surface area contributed by atoms with Gasteiger partial charge in [-0.3, -0.25) is 0 Å². The summed E-state index contributed by atoms with van der Waals surface area (Å²) < 4.78 is 11.2. The molecule has 0 aromatic rings. The van der Waals surface area contributed by atoms with Crippen LogP contribution in [0.15, 0.2) is 25.3 Å². The van der Waals surface area contributed by atoms with Crippen molar-refractivity contribution in [2.45, 2.75) is 64.2 Å². The second-order valence-corrected chi connectivity index (χ2v) is 8.00. The molecule has 2 aliphatic carbocycles. The van der Waals surface area contributed by atoms with Crippen LogP contribution in [0.1, 0.15) is 64.2 Å². The molecule has 0 radical (unpaired) electrons. The van der Waals surface area contributed by atoms with Crippen molar-refractivity contribution in [3.05, 3.63) is 25.3 Å². The van der Waals surface area contributed by atoms with Gasteiger partial charge in [0.25, 0.3) is 0 Å². The van der Waals surface area contributed by atoms with Crippen LogP contribution in [0.3, 0.4) is 0 Å². The summed E-state index contributed by atoms with van der Waals surface area (Å²) in [6.45, 7) is 10.7. The van der Waals surface area contributed by atoms with Gasteiger partial charge < -0.3 is 9.47 Å². The second-order valence-electron chi connectivity index (χ2n) is 8.00. The predicted molar refractivity (Wildman–Crippen MR) is 102 cm³/mol. The SMILES string of the molecule is C=CCOCC1CCC(CC[C@H]2CC[C@H](COCC=C)CC2)CC1. The van der Waals surface area contributed by atoms with Crippen LogP contribution in [-0.4, -0.2) is 26.4 Å². The molecule has 2 fully saturated rings. The largest absolute Gasteiger partial charge is 0.377 e. The van der Waals surface area contributed by atoms with E-state index >= 15 is 0 Å². The van der Waals surface area contributed by atoms with Crippen molar-refractivity contribution in [1.82, 2.24) is 0 Å². The molecule has 0 aliphatic heterocycles. The molecule has 2 nitrogen and oxygen atoms in total. The molecule has 0 amide bonds. The van der Waals surface area contributed by atoms with Crippen LogP contribution in [0.2, 0.25) is 0 Å². The third-order valence-electron chi connectivity index (χ3n) is 6.09. The number of ether oxygens (including phenoxy) is 2. The highest BCUT2D eigenvalue weighted by Gasteiger charge is 2.24. The summed E-state index contributed by atoms with van der Waals surface area (Å²) in [6, 6.07) is 0. The summed E-state index contributed by atoms with van der Waals surface area (Å²) in [5, 5.41) is 0. The van der Waals surface area contributed by atoms with Crippen molar-refractivity contribution in [2.24, 2.45) is 23.7 Å². The number of hydrogen-bond donors (Lipinski definition) is 0. The lowest BCUT2D eigenvalue weighted by atomic mass is 9.76. The zero-order chi connectivity index (χ0) is 17.0. The van der Waals surface area contributed by atoms with E-state index in [9.17, 15) is 0 Å². The molecule has 2 aliphatic rings. The summed E-state index contributed by atoms with van der Waals surface area (Å²) in [7, 11) is 0. The van der Waals surface area contributed by atoms with E-state index in [0.29, 0.717) is 13.2 Å². The highest BCUT2D eigenvalue weighted by atomic mass is 16.5. The average molecular weight is 335 g/mol. The van der Waals surface area contributed by atoms with Gasteiger partial charge in [-0.25, -0.2) is 0 Å². The fourth-order valence-electron chi connectivity index (χ4n) is 4.48. The van der Waals surface area contributed by atoms with Crippen molar-refractivity contribution in [3.8, 4) is 0 Å². The van der Waals surface area contributed by atoms with Crippen LogP contribution in [0.5, 0.6) is 0 Å². The molecule has 2 heteroatoms. The Hall–Kier alpha value is -0.600. The van der Waals surface area contributed by atoms with Crippen LogP contribution in [0.4, 0.5) is 0 Å². The van der Waals surface area contributed by atoms with E-state index in [2.05, 4.69) is 13.2 Å². The van der Waals surface area contributed by atoms with E-state index in [-0.39, 0.29) is 0 Å². The highest BCUT2D eigenvalue weighted by molar-refractivity contribution is 4.77. The molecule has 0 saturated heterocycles. The van der Waals surface area contributed by atoms with Gasteiger partial charge in [-0.15, -0.1) is 13.2 Å². The van der Waals surface area contributed by atoms with Crippen molar-refractivity contribution < 1.29 is 9.47 Å². The standard InChI is InChI=1S/C22H38O2/c1-3-15-23-17-21-11-7-19(8-12-21)5-6-20-9-13-22(14-10-20)18-24-16-4-2/h3-4,19-22H,1-2,5-18H2/t19-,20?,21-,22?. The maximum atomic E-state index is 5.62. The third kappa shape index (κ3) is 7.53. The van der Waals surface area contributed by atoms with Crippen molar-refractivity contribution in [2.75, 3.05) is 26.4 Å². The first-order valence-electron chi connectivity index (χ1n) is 10.2. The molecule has 24 heavy (non-hydrogen) atoms. The molecule has 0 heterocycles. The van der Waals surface area contributed by atoms with E-state index in [1.54, 1.807) is 0 Å². The molecule has 0 N–H and O–H groups in total. The third-order valence-corrected chi connectivity index (χ3v) is 6.09.